The van der Waals surface area contributed by atoms with Crippen LogP contribution in [-0.4, -0.2) is 26.8 Å². The Morgan fingerprint density at radius 1 is 1.33 bits per heavy atom. The van der Waals surface area contributed by atoms with E-state index in [4.69, 9.17) is 5.73 Å². The lowest BCUT2D eigenvalue weighted by atomic mass is 10.2. The average molecular weight is 229 g/mol. The fraction of sp³-hybridized carbons (Fsp3) is 0.333. The molecule has 1 aromatic rings. The van der Waals surface area contributed by atoms with Gasteiger partial charge in [-0.25, -0.2) is 0 Å². The summed E-state index contributed by atoms with van der Waals surface area (Å²) in [4.78, 5) is 0. The molecule has 3 N–H and O–H groups in total. The molecule has 0 aliphatic rings. The highest BCUT2D eigenvalue weighted by Gasteiger charge is 2.15. The van der Waals surface area contributed by atoms with E-state index in [0.29, 0.717) is 11.4 Å². The highest BCUT2D eigenvalue weighted by atomic mass is 32.2. The molecule has 0 radical (unpaired) electrons. The molecular weight excluding hydrogens is 214 g/mol. The molecule has 0 fully saturated rings. The Bertz CT molecular complexity index is 434. The van der Waals surface area contributed by atoms with Crippen LogP contribution in [0.25, 0.3) is 0 Å². The lowest BCUT2D eigenvalue weighted by Gasteiger charge is -2.16. The summed E-state index contributed by atoms with van der Waals surface area (Å²) in [5.74, 6) is 0. The van der Waals surface area contributed by atoms with Crippen LogP contribution < -0.4 is 10.5 Å². The van der Waals surface area contributed by atoms with Crippen molar-refractivity contribution in [1.82, 2.24) is 4.31 Å². The number of nitrogens with zero attached hydrogens (tertiary/aromatic N) is 1. The zero-order valence-corrected chi connectivity index (χ0v) is 9.80. The van der Waals surface area contributed by atoms with Crippen molar-refractivity contribution >= 4 is 21.6 Å². The molecule has 0 amide bonds. The van der Waals surface area contributed by atoms with Gasteiger partial charge in [0.1, 0.15) is 0 Å². The molecule has 0 unspecified atom stereocenters. The second-order valence-electron chi connectivity index (χ2n) is 3.43. The van der Waals surface area contributed by atoms with Crippen molar-refractivity contribution < 1.29 is 8.42 Å². The number of anilines is 2. The smallest absolute Gasteiger partial charge is 0.301 e. The molecule has 1 rings (SSSR count). The van der Waals surface area contributed by atoms with Gasteiger partial charge < -0.3 is 5.73 Å². The van der Waals surface area contributed by atoms with Gasteiger partial charge in [0.2, 0.25) is 0 Å². The molecular formula is C9H15N3O2S. The number of nitrogens with one attached hydrogen (secondary N) is 1. The Kier molecular flexibility index (Phi) is 3.21. The van der Waals surface area contributed by atoms with Crippen LogP contribution in [0, 0.1) is 6.92 Å². The Labute approximate surface area is 90.1 Å². The summed E-state index contributed by atoms with van der Waals surface area (Å²) in [6.07, 6.45) is 0. The van der Waals surface area contributed by atoms with Crippen LogP contribution in [0.2, 0.25) is 0 Å². The topological polar surface area (TPSA) is 75.4 Å². The van der Waals surface area contributed by atoms with Crippen molar-refractivity contribution in [2.45, 2.75) is 6.92 Å². The zero-order chi connectivity index (χ0) is 11.6. The molecule has 0 aliphatic heterocycles. The maximum atomic E-state index is 11.6. The molecule has 0 saturated heterocycles. The molecule has 0 aromatic heterocycles. The maximum Gasteiger partial charge on any atom is 0.301 e. The molecule has 0 bridgehead atoms. The van der Waals surface area contributed by atoms with E-state index >= 15 is 0 Å². The summed E-state index contributed by atoms with van der Waals surface area (Å²) >= 11 is 0. The summed E-state index contributed by atoms with van der Waals surface area (Å²) in [5, 5.41) is 0. The van der Waals surface area contributed by atoms with Crippen molar-refractivity contribution in [2.75, 3.05) is 24.6 Å². The van der Waals surface area contributed by atoms with Gasteiger partial charge in [0.15, 0.2) is 0 Å². The lowest BCUT2D eigenvalue weighted by molar-refractivity contribution is 0.527. The average Bonchev–Trinajstić information content (AvgIpc) is 2.11. The van der Waals surface area contributed by atoms with E-state index in [0.717, 1.165) is 9.87 Å². The van der Waals surface area contributed by atoms with Gasteiger partial charge in [-0.2, -0.15) is 12.7 Å². The van der Waals surface area contributed by atoms with Gasteiger partial charge in [0.05, 0.1) is 11.4 Å². The van der Waals surface area contributed by atoms with Crippen LogP contribution in [0.5, 0.6) is 0 Å². The number of rotatable bonds is 3. The number of hydrogen-bond donors (Lipinski definition) is 2. The number of para-hydroxylation sites is 1. The summed E-state index contributed by atoms with van der Waals surface area (Å²) in [6, 6.07) is 5.22. The Hall–Kier alpha value is -1.27. The third kappa shape index (κ3) is 2.60. The molecule has 6 heteroatoms. The molecule has 15 heavy (non-hydrogen) atoms. The van der Waals surface area contributed by atoms with E-state index in [-0.39, 0.29) is 0 Å². The van der Waals surface area contributed by atoms with Crippen molar-refractivity contribution in [2.24, 2.45) is 0 Å². The Balaban J connectivity index is 3.11. The second kappa shape index (κ2) is 4.08. The first-order chi connectivity index (χ1) is 6.84. The van der Waals surface area contributed by atoms with Gasteiger partial charge >= 0.3 is 10.2 Å². The van der Waals surface area contributed by atoms with E-state index in [1.54, 1.807) is 25.1 Å². The minimum absolute atomic E-state index is 0.417. The van der Waals surface area contributed by atoms with Crippen molar-refractivity contribution in [3.05, 3.63) is 23.8 Å². The fourth-order valence-electron chi connectivity index (χ4n) is 1.05. The van der Waals surface area contributed by atoms with Gasteiger partial charge in [-0.3, -0.25) is 4.72 Å². The number of aryl methyl sites for hydroxylation is 1. The largest absolute Gasteiger partial charge is 0.397 e. The van der Waals surface area contributed by atoms with E-state index in [9.17, 15) is 8.42 Å². The number of nitrogens with two attached hydrogens (primary N) is 1. The summed E-state index contributed by atoms with van der Waals surface area (Å²) in [5.41, 5.74) is 7.33. The van der Waals surface area contributed by atoms with Gasteiger partial charge in [0.25, 0.3) is 0 Å². The minimum atomic E-state index is -3.49. The van der Waals surface area contributed by atoms with Crippen LogP contribution in [0.4, 0.5) is 11.4 Å². The van der Waals surface area contributed by atoms with E-state index in [1.165, 1.54) is 14.1 Å². The highest BCUT2D eigenvalue weighted by Crippen LogP contribution is 2.23. The molecule has 5 nitrogen and oxygen atoms in total. The molecule has 0 spiro atoms. The first-order valence-electron chi connectivity index (χ1n) is 4.40. The van der Waals surface area contributed by atoms with Crippen LogP contribution >= 0.6 is 0 Å². The van der Waals surface area contributed by atoms with Crippen LogP contribution in [0.15, 0.2) is 18.2 Å². The third-order valence-electron chi connectivity index (χ3n) is 2.02. The quantitative estimate of drug-likeness (QED) is 0.753. The first kappa shape index (κ1) is 11.8. The summed E-state index contributed by atoms with van der Waals surface area (Å²) in [6.45, 7) is 1.80. The van der Waals surface area contributed by atoms with Gasteiger partial charge in [-0.1, -0.05) is 12.1 Å². The van der Waals surface area contributed by atoms with E-state index < -0.39 is 10.2 Å². The minimum Gasteiger partial charge on any atom is -0.397 e. The van der Waals surface area contributed by atoms with Crippen LogP contribution in [-0.2, 0) is 10.2 Å². The molecule has 0 atom stereocenters. The van der Waals surface area contributed by atoms with Crippen LogP contribution in [0.3, 0.4) is 0 Å². The lowest BCUT2D eigenvalue weighted by Crippen LogP contribution is -2.29. The van der Waals surface area contributed by atoms with Crippen molar-refractivity contribution in [3.63, 3.8) is 0 Å². The van der Waals surface area contributed by atoms with Gasteiger partial charge in [0, 0.05) is 14.1 Å². The Morgan fingerprint density at radius 2 is 1.93 bits per heavy atom. The summed E-state index contributed by atoms with van der Waals surface area (Å²) < 4.78 is 26.7. The normalized spacial score (nSPS) is 11.7. The number of benzene rings is 1. The molecule has 0 aliphatic carbocycles. The van der Waals surface area contributed by atoms with Gasteiger partial charge in [-0.15, -0.1) is 0 Å². The van der Waals surface area contributed by atoms with Crippen molar-refractivity contribution in [1.29, 1.82) is 0 Å². The SMILES string of the molecule is Cc1cccc(N)c1NS(=O)(=O)N(C)C. The Morgan fingerprint density at radius 3 is 2.40 bits per heavy atom. The van der Waals surface area contributed by atoms with E-state index in [1.807, 2.05) is 0 Å². The highest BCUT2D eigenvalue weighted by molar-refractivity contribution is 7.90. The molecule has 0 saturated carbocycles. The molecule has 0 heterocycles. The standard InChI is InChI=1S/C9H15N3O2S/c1-7-5-4-6-8(10)9(7)11-15(13,14)12(2)3/h4-6,11H,10H2,1-3H3. The zero-order valence-electron chi connectivity index (χ0n) is 8.98. The predicted molar refractivity (Wildman–Crippen MR) is 61.8 cm³/mol. The number of nitrogen functional groups attached to an aromatic ring is 1. The maximum absolute atomic E-state index is 11.6. The third-order valence-corrected chi connectivity index (χ3v) is 3.44. The molecule has 1 aromatic carbocycles. The van der Waals surface area contributed by atoms with E-state index in [2.05, 4.69) is 4.72 Å². The monoisotopic (exact) mass is 229 g/mol. The predicted octanol–water partition coefficient (Wildman–Crippen LogP) is 0.796. The number of hydrogen-bond acceptors (Lipinski definition) is 3. The van der Waals surface area contributed by atoms with Crippen LogP contribution in [0.1, 0.15) is 5.56 Å². The molecule has 84 valence electrons. The summed E-state index contributed by atoms with van der Waals surface area (Å²) in [7, 11) is -0.583. The first-order valence-corrected chi connectivity index (χ1v) is 5.84. The fourth-order valence-corrected chi connectivity index (χ4v) is 1.77. The van der Waals surface area contributed by atoms with Crippen molar-refractivity contribution in [3.8, 4) is 0 Å². The van der Waals surface area contributed by atoms with Gasteiger partial charge in [-0.05, 0) is 18.6 Å². The second-order valence-corrected chi connectivity index (χ2v) is 5.31.